The summed E-state index contributed by atoms with van der Waals surface area (Å²) in [4.78, 5) is 54.5. The predicted octanol–water partition coefficient (Wildman–Crippen LogP) is 16.3. The lowest BCUT2D eigenvalue weighted by Crippen LogP contribution is -2.38. The Hall–Kier alpha value is -7.56. The van der Waals surface area contributed by atoms with Crippen molar-refractivity contribution in [2.45, 2.75) is 63.3 Å². The molecule has 0 bridgehead atoms. The number of carbonyl (C=O) groups excluding carboxylic acids is 3. The molecule has 0 saturated heterocycles. The Bertz CT molecular complexity index is 2550. The Morgan fingerprint density at radius 3 is 0.486 bits per heavy atom. The van der Waals surface area contributed by atoms with Gasteiger partial charge in [0.25, 0.3) is 0 Å². The molecule has 1 saturated carbocycles. The Morgan fingerprint density at radius 1 is 0.236 bits per heavy atom. The van der Waals surface area contributed by atoms with E-state index in [0.29, 0.717) is 0 Å². The molecular formula is C63H54O6S3. The molecule has 0 N–H and O–H groups in total. The van der Waals surface area contributed by atoms with Crippen LogP contribution < -0.4 is 0 Å². The Balaban J connectivity index is 1.10. The van der Waals surface area contributed by atoms with E-state index in [9.17, 15) is 0 Å². The largest absolute Gasteiger partial charge is 0.402 e. The van der Waals surface area contributed by atoms with Gasteiger partial charge in [-0.2, -0.15) is 0 Å². The van der Waals surface area contributed by atoms with Crippen LogP contribution in [0.5, 0.6) is 0 Å². The number of hydrogen-bond acceptors (Lipinski definition) is 6. The smallest absolute Gasteiger partial charge is 0.320 e. The van der Waals surface area contributed by atoms with E-state index in [1.165, 1.54) is 0 Å². The first-order valence-electron chi connectivity index (χ1n) is 24.1. The lowest BCUT2D eigenvalue weighted by Gasteiger charge is -2.44. The van der Waals surface area contributed by atoms with Crippen molar-refractivity contribution in [1.29, 1.82) is 0 Å². The summed E-state index contributed by atoms with van der Waals surface area (Å²) in [6.07, 6.45) is 0.284. The average Bonchev–Trinajstić information content (AvgIpc) is 3.47. The van der Waals surface area contributed by atoms with Gasteiger partial charge in [-0.1, -0.05) is 164 Å². The average molecular weight is 1000 g/mol. The highest BCUT2D eigenvalue weighted by molar-refractivity contribution is 8.31. The van der Waals surface area contributed by atoms with Crippen molar-refractivity contribution < 1.29 is 26.9 Å². The highest BCUT2D eigenvalue weighted by Gasteiger charge is 2.48. The molecular weight excluding hydrogens is 949 g/mol. The Morgan fingerprint density at radius 2 is 0.361 bits per heavy atom. The second kappa shape index (κ2) is 21.8. The van der Waals surface area contributed by atoms with Gasteiger partial charge < -0.3 is 12.5 Å². The zero-order valence-corrected chi connectivity index (χ0v) is 42.0. The molecule has 0 amide bonds. The minimum Gasteiger partial charge on any atom is -0.402 e. The number of benzene rings is 9. The molecule has 0 radical (unpaired) electrons. The summed E-state index contributed by atoms with van der Waals surface area (Å²) in [5, 5.41) is 0. The number of hydrogen-bond donors (Lipinski definition) is 0. The van der Waals surface area contributed by atoms with Crippen LogP contribution in [-0.4, -0.2) is 17.9 Å². The molecule has 360 valence electrons. The van der Waals surface area contributed by atoms with Gasteiger partial charge in [-0.3, -0.25) is 14.4 Å². The fraction of sp³-hybridized carbons (Fsp3) is 0.0952. The summed E-state index contributed by atoms with van der Waals surface area (Å²) in [5.41, 5.74) is 0. The van der Waals surface area contributed by atoms with E-state index in [1.807, 2.05) is 273 Å². The molecule has 0 aromatic heterocycles. The maximum Gasteiger partial charge on any atom is 0.320 e. The van der Waals surface area contributed by atoms with E-state index in [2.05, 4.69) is 0 Å². The van der Waals surface area contributed by atoms with Crippen molar-refractivity contribution >= 4 is 48.8 Å². The van der Waals surface area contributed by atoms with Crippen LogP contribution in [0.1, 0.15) is 19.3 Å². The third kappa shape index (κ3) is 9.51. The van der Waals surface area contributed by atoms with Gasteiger partial charge >= 0.3 is 17.9 Å². The summed E-state index contributed by atoms with van der Waals surface area (Å²) in [7, 11) is -8.11. The minimum absolute atomic E-state index is 0.0945. The quantitative estimate of drug-likeness (QED) is 0.102. The van der Waals surface area contributed by atoms with Gasteiger partial charge in [0.05, 0.1) is 17.8 Å². The summed E-state index contributed by atoms with van der Waals surface area (Å²) < 4.78 is 21.5. The predicted molar refractivity (Wildman–Crippen MR) is 288 cm³/mol. The van der Waals surface area contributed by atoms with Gasteiger partial charge in [0, 0.05) is 44.1 Å². The van der Waals surface area contributed by atoms with Crippen LogP contribution in [0.4, 0.5) is 0 Å². The molecule has 9 heteroatoms. The lowest BCUT2D eigenvalue weighted by molar-refractivity contribution is -0.149. The third-order valence-corrected chi connectivity index (χ3v) is 22.7. The van der Waals surface area contributed by atoms with E-state index in [4.69, 9.17) is 12.5 Å². The van der Waals surface area contributed by atoms with Crippen molar-refractivity contribution in [2.24, 2.45) is 17.8 Å². The first-order valence-corrected chi connectivity index (χ1v) is 28.7. The van der Waals surface area contributed by atoms with Crippen molar-refractivity contribution in [1.82, 2.24) is 0 Å². The summed E-state index contributed by atoms with van der Waals surface area (Å²) in [5.74, 6) is -4.21. The summed E-state index contributed by atoms with van der Waals surface area (Å²) in [6, 6.07) is 88.8. The number of rotatable bonds is 15. The second-order valence-corrected chi connectivity index (χ2v) is 25.6. The molecule has 0 heterocycles. The normalized spacial score (nSPS) is 16.6. The molecule has 10 rings (SSSR count). The molecule has 0 spiro atoms. The molecule has 1 fully saturated rings. The molecule has 1 aliphatic rings. The van der Waals surface area contributed by atoms with Crippen LogP contribution in [0, 0.1) is 17.8 Å². The van der Waals surface area contributed by atoms with Gasteiger partial charge in [-0.15, -0.1) is 0 Å². The van der Waals surface area contributed by atoms with Gasteiger partial charge in [-0.25, -0.2) is 0 Å². The van der Waals surface area contributed by atoms with E-state index in [0.717, 1.165) is 44.1 Å². The third-order valence-electron chi connectivity index (χ3n) is 13.0. The standard InChI is InChI=1S/C63H54O6S3/c64-61(67-70(52-28-10-1-11-29-52,53-30-12-2-13-31-53)54-32-14-3-15-33-54)49-46-50(62(65)68-71(55-34-16-4-17-35-55,56-36-18-5-19-37-56)57-38-20-6-21-39-57)48-51(47-49)63(66)69-72(58-40-22-7-23-41-58,59-42-24-8-25-43-59)60-44-26-9-27-45-60/h1-45,49-51H,46-48H2. The molecule has 6 nitrogen and oxygen atoms in total. The van der Waals surface area contributed by atoms with Gasteiger partial charge in [-0.05, 0) is 159 Å². The monoisotopic (exact) mass is 1000 g/mol. The van der Waals surface area contributed by atoms with Crippen LogP contribution in [0.2, 0.25) is 0 Å². The maximum atomic E-state index is 15.7. The molecule has 9 aromatic carbocycles. The Labute approximate surface area is 427 Å². The van der Waals surface area contributed by atoms with Crippen molar-refractivity contribution in [3.8, 4) is 0 Å². The van der Waals surface area contributed by atoms with Crippen LogP contribution in [0.15, 0.2) is 317 Å². The van der Waals surface area contributed by atoms with Gasteiger partial charge in [0.2, 0.25) is 0 Å². The van der Waals surface area contributed by atoms with E-state index >= 15 is 14.4 Å². The van der Waals surface area contributed by atoms with Crippen LogP contribution >= 0.6 is 30.9 Å². The van der Waals surface area contributed by atoms with E-state index in [-0.39, 0.29) is 19.3 Å². The fourth-order valence-electron chi connectivity index (χ4n) is 9.64. The van der Waals surface area contributed by atoms with E-state index < -0.39 is 66.6 Å². The molecule has 72 heavy (non-hydrogen) atoms. The zero-order valence-electron chi connectivity index (χ0n) is 39.5. The summed E-state index contributed by atoms with van der Waals surface area (Å²) in [6.45, 7) is 0. The zero-order chi connectivity index (χ0) is 49.2. The van der Waals surface area contributed by atoms with Crippen LogP contribution in [0.25, 0.3) is 0 Å². The maximum absolute atomic E-state index is 15.7. The first kappa shape index (κ1) is 48.1. The molecule has 0 aliphatic heterocycles. The van der Waals surface area contributed by atoms with Gasteiger partial charge in [0.15, 0.2) is 0 Å². The minimum atomic E-state index is -2.70. The number of carbonyl (C=O) groups is 3. The van der Waals surface area contributed by atoms with Crippen molar-refractivity contribution in [2.75, 3.05) is 0 Å². The van der Waals surface area contributed by atoms with Crippen molar-refractivity contribution in [3.05, 3.63) is 273 Å². The van der Waals surface area contributed by atoms with Crippen molar-refractivity contribution in [3.63, 3.8) is 0 Å². The fourth-order valence-corrected chi connectivity index (χ4v) is 19.0. The second-order valence-electron chi connectivity index (χ2n) is 17.5. The highest BCUT2D eigenvalue weighted by atomic mass is 32.3. The van der Waals surface area contributed by atoms with Crippen LogP contribution in [0.3, 0.4) is 0 Å². The molecule has 0 unspecified atom stereocenters. The Kier molecular flexibility index (Phi) is 14.6. The first-order chi connectivity index (χ1) is 35.4. The summed E-state index contributed by atoms with van der Waals surface area (Å²) >= 11 is 0. The lowest BCUT2D eigenvalue weighted by atomic mass is 9.75. The topological polar surface area (TPSA) is 78.9 Å². The highest BCUT2D eigenvalue weighted by Crippen LogP contribution is 2.72. The van der Waals surface area contributed by atoms with Crippen LogP contribution in [-0.2, 0) is 26.9 Å². The molecule has 0 atom stereocenters. The molecule has 1 aliphatic carbocycles. The molecule has 9 aromatic rings. The van der Waals surface area contributed by atoms with E-state index in [1.54, 1.807) is 0 Å². The van der Waals surface area contributed by atoms with Gasteiger partial charge in [0.1, 0.15) is 0 Å². The SMILES string of the molecule is O=C(OS(c1ccccc1)(c1ccccc1)c1ccccc1)C1CC(C(=O)OS(c2ccccc2)(c2ccccc2)c2ccccc2)CC(C(=O)OS(c2ccccc2)(c2ccccc2)c2ccccc2)C1.